The molecule has 5 heteroatoms. The molecule has 0 amide bonds. The second-order valence-corrected chi connectivity index (χ2v) is 4.65. The number of benzene rings is 1. The first kappa shape index (κ1) is 15.0. The van der Waals surface area contributed by atoms with Gasteiger partial charge < -0.3 is 10.6 Å². The quantitative estimate of drug-likeness (QED) is 0.581. The predicted octanol–water partition coefficient (Wildman–Crippen LogP) is 2.44. The van der Waals surface area contributed by atoms with E-state index in [1.165, 1.54) is 0 Å². The van der Waals surface area contributed by atoms with Crippen LogP contribution in [0.4, 0.5) is 13.2 Å². The zero-order chi connectivity index (χ0) is 13.5. The van der Waals surface area contributed by atoms with Crippen LogP contribution in [0.15, 0.2) is 12.1 Å². The summed E-state index contributed by atoms with van der Waals surface area (Å²) >= 11 is 0. The normalized spacial score (nSPS) is 11.2. The predicted molar refractivity (Wildman–Crippen MR) is 65.7 cm³/mol. The average Bonchev–Trinajstić information content (AvgIpc) is 2.30. The average molecular weight is 260 g/mol. The summed E-state index contributed by atoms with van der Waals surface area (Å²) in [5.74, 6) is -3.13. The van der Waals surface area contributed by atoms with Gasteiger partial charge in [0.25, 0.3) is 0 Å². The summed E-state index contributed by atoms with van der Waals surface area (Å²) in [4.78, 5) is 0. The minimum Gasteiger partial charge on any atom is -0.315 e. The van der Waals surface area contributed by atoms with Crippen molar-refractivity contribution in [1.29, 1.82) is 0 Å². The van der Waals surface area contributed by atoms with E-state index in [0.717, 1.165) is 25.2 Å². The monoisotopic (exact) mass is 260 g/mol. The molecule has 102 valence electrons. The van der Waals surface area contributed by atoms with Crippen LogP contribution >= 0.6 is 0 Å². The summed E-state index contributed by atoms with van der Waals surface area (Å²) < 4.78 is 38.5. The summed E-state index contributed by atoms with van der Waals surface area (Å²) in [6, 6.07) is 2.01. The lowest BCUT2D eigenvalue weighted by Gasteiger charge is -2.09. The Bertz CT molecular complexity index is 357. The smallest absolute Gasteiger partial charge is 0.194 e. The van der Waals surface area contributed by atoms with E-state index in [4.69, 9.17) is 0 Å². The van der Waals surface area contributed by atoms with Gasteiger partial charge in [0.1, 0.15) is 0 Å². The summed E-state index contributed by atoms with van der Waals surface area (Å²) in [6.07, 6.45) is 0. The Balaban J connectivity index is 2.27. The highest BCUT2D eigenvalue weighted by atomic mass is 19.2. The molecule has 0 spiro atoms. The molecule has 0 saturated carbocycles. The first-order valence-electron chi connectivity index (χ1n) is 6.05. The van der Waals surface area contributed by atoms with Crippen LogP contribution in [0.2, 0.25) is 0 Å². The van der Waals surface area contributed by atoms with Crippen molar-refractivity contribution < 1.29 is 13.2 Å². The molecule has 0 aliphatic carbocycles. The summed E-state index contributed by atoms with van der Waals surface area (Å²) in [5, 5.41) is 6.26. The van der Waals surface area contributed by atoms with E-state index >= 15 is 0 Å². The second-order valence-electron chi connectivity index (χ2n) is 4.65. The van der Waals surface area contributed by atoms with E-state index in [9.17, 15) is 13.2 Å². The molecule has 0 aliphatic rings. The van der Waals surface area contributed by atoms with Crippen LogP contribution in [0.5, 0.6) is 0 Å². The van der Waals surface area contributed by atoms with Crippen molar-refractivity contribution in [2.45, 2.75) is 20.4 Å². The molecule has 0 bridgehead atoms. The fourth-order valence-corrected chi connectivity index (χ4v) is 1.51. The Labute approximate surface area is 106 Å². The molecule has 0 aromatic heterocycles. The van der Waals surface area contributed by atoms with Gasteiger partial charge in [-0.2, -0.15) is 0 Å². The molecule has 2 nitrogen and oxygen atoms in total. The molecule has 18 heavy (non-hydrogen) atoms. The van der Waals surface area contributed by atoms with Crippen molar-refractivity contribution in [3.8, 4) is 0 Å². The molecule has 0 radical (unpaired) electrons. The van der Waals surface area contributed by atoms with Crippen LogP contribution < -0.4 is 10.6 Å². The Morgan fingerprint density at radius 1 is 1.00 bits per heavy atom. The van der Waals surface area contributed by atoms with E-state index in [-0.39, 0.29) is 0 Å². The third-order valence-corrected chi connectivity index (χ3v) is 2.40. The van der Waals surface area contributed by atoms with Gasteiger partial charge >= 0.3 is 0 Å². The largest absolute Gasteiger partial charge is 0.315 e. The Morgan fingerprint density at radius 2 is 1.56 bits per heavy atom. The van der Waals surface area contributed by atoms with E-state index in [1.807, 2.05) is 0 Å². The van der Waals surface area contributed by atoms with Crippen molar-refractivity contribution in [2.75, 3.05) is 19.6 Å². The SMILES string of the molecule is CC(C)CNCCNCc1cc(F)c(F)c(F)c1. The number of hydrogen-bond acceptors (Lipinski definition) is 2. The van der Waals surface area contributed by atoms with Gasteiger partial charge in [-0.3, -0.25) is 0 Å². The lowest BCUT2D eigenvalue weighted by atomic mass is 10.2. The van der Waals surface area contributed by atoms with Gasteiger partial charge in [0, 0.05) is 19.6 Å². The maximum absolute atomic E-state index is 12.9. The van der Waals surface area contributed by atoms with E-state index in [0.29, 0.717) is 24.6 Å². The van der Waals surface area contributed by atoms with Crippen molar-refractivity contribution in [2.24, 2.45) is 5.92 Å². The molecule has 0 atom stereocenters. The summed E-state index contributed by atoms with van der Waals surface area (Å²) in [6.45, 7) is 6.95. The van der Waals surface area contributed by atoms with Crippen LogP contribution in [-0.2, 0) is 6.54 Å². The lowest BCUT2D eigenvalue weighted by molar-refractivity contribution is 0.444. The highest BCUT2D eigenvalue weighted by molar-refractivity contribution is 5.19. The zero-order valence-electron chi connectivity index (χ0n) is 10.7. The van der Waals surface area contributed by atoms with Gasteiger partial charge in [-0.15, -0.1) is 0 Å². The molecule has 2 N–H and O–H groups in total. The first-order chi connectivity index (χ1) is 8.50. The molecule has 1 aromatic rings. The fourth-order valence-electron chi connectivity index (χ4n) is 1.51. The topological polar surface area (TPSA) is 24.1 Å². The molecule has 0 heterocycles. The van der Waals surface area contributed by atoms with Crippen LogP contribution in [-0.4, -0.2) is 19.6 Å². The third kappa shape index (κ3) is 5.06. The van der Waals surface area contributed by atoms with Gasteiger partial charge in [0.2, 0.25) is 0 Å². The van der Waals surface area contributed by atoms with Gasteiger partial charge in [-0.05, 0) is 30.2 Å². The number of halogens is 3. The van der Waals surface area contributed by atoms with Crippen molar-refractivity contribution in [1.82, 2.24) is 10.6 Å². The Hall–Kier alpha value is -1.07. The fraction of sp³-hybridized carbons (Fsp3) is 0.538. The molecule has 0 fully saturated rings. The van der Waals surface area contributed by atoms with Gasteiger partial charge in [-0.25, -0.2) is 13.2 Å². The maximum atomic E-state index is 12.9. The minimum absolute atomic E-state index is 0.317. The van der Waals surface area contributed by atoms with Gasteiger partial charge in [-0.1, -0.05) is 13.8 Å². The summed E-state index contributed by atoms with van der Waals surface area (Å²) in [7, 11) is 0. The summed E-state index contributed by atoms with van der Waals surface area (Å²) in [5.41, 5.74) is 0.398. The number of nitrogens with one attached hydrogen (secondary N) is 2. The maximum Gasteiger partial charge on any atom is 0.194 e. The second kappa shape index (κ2) is 7.38. The van der Waals surface area contributed by atoms with E-state index in [2.05, 4.69) is 24.5 Å². The highest BCUT2D eigenvalue weighted by Gasteiger charge is 2.09. The molecular formula is C13H19F3N2. The molecule has 1 rings (SSSR count). The third-order valence-electron chi connectivity index (χ3n) is 2.40. The molecule has 0 aliphatic heterocycles. The number of hydrogen-bond donors (Lipinski definition) is 2. The number of rotatable bonds is 7. The first-order valence-corrected chi connectivity index (χ1v) is 6.05. The van der Waals surface area contributed by atoms with Crippen LogP contribution in [0.25, 0.3) is 0 Å². The van der Waals surface area contributed by atoms with Crippen molar-refractivity contribution in [3.05, 3.63) is 35.1 Å². The van der Waals surface area contributed by atoms with Crippen LogP contribution in [0, 0.1) is 23.4 Å². The van der Waals surface area contributed by atoms with Gasteiger partial charge in [0.15, 0.2) is 17.5 Å². The molecule has 1 aromatic carbocycles. The van der Waals surface area contributed by atoms with E-state index in [1.54, 1.807) is 0 Å². The van der Waals surface area contributed by atoms with Crippen LogP contribution in [0.1, 0.15) is 19.4 Å². The Morgan fingerprint density at radius 3 is 2.11 bits per heavy atom. The lowest BCUT2D eigenvalue weighted by Crippen LogP contribution is -2.29. The molecule has 0 unspecified atom stereocenters. The zero-order valence-corrected chi connectivity index (χ0v) is 10.7. The highest BCUT2D eigenvalue weighted by Crippen LogP contribution is 2.13. The van der Waals surface area contributed by atoms with Gasteiger partial charge in [0.05, 0.1) is 0 Å². The standard InChI is InChI=1S/C13H19F3N2/c1-9(2)7-17-3-4-18-8-10-5-11(14)13(16)12(15)6-10/h5-6,9,17-18H,3-4,7-8H2,1-2H3. The van der Waals surface area contributed by atoms with Crippen molar-refractivity contribution in [3.63, 3.8) is 0 Å². The van der Waals surface area contributed by atoms with Crippen LogP contribution in [0.3, 0.4) is 0 Å². The molecular weight excluding hydrogens is 241 g/mol. The Kier molecular flexibility index (Phi) is 6.15. The van der Waals surface area contributed by atoms with E-state index < -0.39 is 17.5 Å². The molecule has 0 saturated heterocycles. The minimum atomic E-state index is -1.42. The van der Waals surface area contributed by atoms with Crippen molar-refractivity contribution >= 4 is 0 Å².